The van der Waals surface area contributed by atoms with Crippen LogP contribution in [0, 0.1) is 5.21 Å². The van der Waals surface area contributed by atoms with E-state index in [2.05, 4.69) is 0 Å². The van der Waals surface area contributed by atoms with Crippen molar-refractivity contribution in [2.45, 2.75) is 0 Å². The first-order chi connectivity index (χ1) is 8.75. The molecule has 0 radical (unpaired) electrons. The van der Waals surface area contributed by atoms with Gasteiger partial charge in [-0.1, -0.05) is 48.0 Å². The van der Waals surface area contributed by atoms with E-state index in [0.29, 0.717) is 10.5 Å². The molecule has 0 atom stereocenters. The molecule has 0 fully saturated rings. The molecule has 1 aromatic heterocycles. The first-order valence-electron chi connectivity index (χ1n) is 5.62. The Hall–Kier alpha value is -2.06. The lowest BCUT2D eigenvalue weighted by molar-refractivity contribution is -0.576. The molecular weight excluding hydrogens is 246 g/mol. The third kappa shape index (κ3) is 1.81. The minimum absolute atomic E-state index is 0.447. The number of aromatic nitrogens is 1. The van der Waals surface area contributed by atoms with Gasteiger partial charge in [0.2, 0.25) is 5.52 Å². The highest BCUT2D eigenvalue weighted by molar-refractivity contribution is 6.31. The smallest absolute Gasteiger partial charge is 0.231 e. The summed E-state index contributed by atoms with van der Waals surface area (Å²) in [5.41, 5.74) is 2.59. The van der Waals surface area contributed by atoms with Crippen molar-refractivity contribution >= 4 is 22.5 Å². The predicted molar refractivity (Wildman–Crippen MR) is 73.4 cm³/mol. The second kappa shape index (κ2) is 4.31. The van der Waals surface area contributed by atoms with Crippen molar-refractivity contribution in [3.05, 3.63) is 71.0 Å². The van der Waals surface area contributed by atoms with Gasteiger partial charge in [0.25, 0.3) is 0 Å². The molecule has 18 heavy (non-hydrogen) atoms. The van der Waals surface area contributed by atoms with Crippen LogP contribution in [0.2, 0.25) is 5.02 Å². The van der Waals surface area contributed by atoms with Crippen molar-refractivity contribution in [3.8, 4) is 11.1 Å². The molecule has 0 amide bonds. The number of hydrogen-bond donors (Lipinski definition) is 0. The van der Waals surface area contributed by atoms with Gasteiger partial charge >= 0.3 is 0 Å². The maximum atomic E-state index is 12.0. The zero-order valence-electron chi connectivity index (χ0n) is 9.51. The number of rotatable bonds is 1. The van der Waals surface area contributed by atoms with Crippen molar-refractivity contribution in [2.24, 2.45) is 0 Å². The van der Waals surface area contributed by atoms with Crippen LogP contribution in [0.25, 0.3) is 22.0 Å². The highest BCUT2D eigenvalue weighted by atomic mass is 35.5. The molecule has 0 saturated heterocycles. The average Bonchev–Trinajstić information content (AvgIpc) is 2.38. The third-order valence-corrected chi connectivity index (χ3v) is 3.11. The highest BCUT2D eigenvalue weighted by Crippen LogP contribution is 2.27. The van der Waals surface area contributed by atoms with Crippen molar-refractivity contribution < 1.29 is 4.73 Å². The number of benzene rings is 2. The Kier molecular flexibility index (Phi) is 2.65. The van der Waals surface area contributed by atoms with Crippen molar-refractivity contribution in [1.29, 1.82) is 0 Å². The fourth-order valence-electron chi connectivity index (χ4n) is 2.14. The molecule has 3 heteroatoms. The van der Waals surface area contributed by atoms with Crippen LogP contribution in [-0.2, 0) is 0 Å². The lowest BCUT2D eigenvalue weighted by Gasteiger charge is -2.07. The van der Waals surface area contributed by atoms with E-state index >= 15 is 0 Å². The summed E-state index contributed by atoms with van der Waals surface area (Å²) in [7, 11) is 0. The van der Waals surface area contributed by atoms with Crippen LogP contribution in [0.1, 0.15) is 0 Å². The summed E-state index contributed by atoms with van der Waals surface area (Å²) in [4.78, 5) is 0. The first-order valence-corrected chi connectivity index (χ1v) is 6.00. The molecule has 0 saturated carbocycles. The summed E-state index contributed by atoms with van der Waals surface area (Å²) >= 11 is 5.90. The maximum absolute atomic E-state index is 12.0. The Balaban J connectivity index is 2.37. The van der Waals surface area contributed by atoms with Crippen LogP contribution in [-0.4, -0.2) is 0 Å². The topological polar surface area (TPSA) is 26.9 Å². The SMILES string of the molecule is [O-][n+]1cc(Cl)cc2cccc(-c3ccccc3)c21. The molecule has 88 valence electrons. The molecule has 0 N–H and O–H groups in total. The van der Waals surface area contributed by atoms with Gasteiger partial charge in [0, 0.05) is 5.39 Å². The number of para-hydroxylation sites is 1. The standard InChI is InChI=1S/C15H10ClNO/c16-13-9-12-7-4-8-14(15(12)17(18)10-13)11-5-2-1-3-6-11/h1-10H. The van der Waals surface area contributed by atoms with E-state index in [1.807, 2.05) is 48.5 Å². The normalized spacial score (nSPS) is 10.7. The van der Waals surface area contributed by atoms with Gasteiger partial charge in [0.15, 0.2) is 6.20 Å². The molecule has 3 aromatic rings. The van der Waals surface area contributed by atoms with E-state index in [0.717, 1.165) is 21.2 Å². The summed E-state index contributed by atoms with van der Waals surface area (Å²) in [6.45, 7) is 0. The molecule has 0 aliphatic carbocycles. The second-order valence-corrected chi connectivity index (χ2v) is 4.53. The Morgan fingerprint density at radius 2 is 1.72 bits per heavy atom. The molecule has 0 aliphatic heterocycles. The van der Waals surface area contributed by atoms with Gasteiger partial charge in [0.05, 0.1) is 5.56 Å². The third-order valence-electron chi connectivity index (χ3n) is 2.91. The zero-order chi connectivity index (χ0) is 12.5. The Morgan fingerprint density at radius 1 is 0.944 bits per heavy atom. The summed E-state index contributed by atoms with van der Waals surface area (Å²) < 4.78 is 0.833. The van der Waals surface area contributed by atoms with E-state index in [-0.39, 0.29) is 0 Å². The maximum Gasteiger partial charge on any atom is 0.231 e. The number of fused-ring (bicyclic) bond motifs is 1. The minimum atomic E-state index is 0.447. The first kappa shape index (κ1) is 11.1. The summed E-state index contributed by atoms with van der Waals surface area (Å²) in [6.07, 6.45) is 1.39. The van der Waals surface area contributed by atoms with Crippen LogP contribution in [0.5, 0.6) is 0 Å². The summed E-state index contributed by atoms with van der Waals surface area (Å²) in [5.74, 6) is 0. The highest BCUT2D eigenvalue weighted by Gasteiger charge is 2.12. The van der Waals surface area contributed by atoms with Crippen LogP contribution in [0.15, 0.2) is 60.8 Å². The monoisotopic (exact) mass is 255 g/mol. The number of hydrogen-bond acceptors (Lipinski definition) is 1. The molecule has 3 rings (SSSR count). The number of halogens is 1. The molecule has 0 spiro atoms. The molecule has 0 aliphatic rings. The van der Waals surface area contributed by atoms with E-state index < -0.39 is 0 Å². The van der Waals surface area contributed by atoms with Crippen molar-refractivity contribution in [3.63, 3.8) is 0 Å². The molecule has 0 unspecified atom stereocenters. The second-order valence-electron chi connectivity index (χ2n) is 4.09. The lowest BCUT2D eigenvalue weighted by atomic mass is 10.0. The van der Waals surface area contributed by atoms with Gasteiger partial charge in [-0.2, -0.15) is 4.73 Å². The van der Waals surface area contributed by atoms with Gasteiger partial charge in [-0.05, 0) is 23.8 Å². The van der Waals surface area contributed by atoms with E-state index in [1.165, 1.54) is 6.20 Å². The largest absolute Gasteiger partial charge is 0.618 e. The average molecular weight is 256 g/mol. The zero-order valence-corrected chi connectivity index (χ0v) is 10.3. The van der Waals surface area contributed by atoms with E-state index in [9.17, 15) is 5.21 Å². The van der Waals surface area contributed by atoms with Crippen molar-refractivity contribution in [1.82, 2.24) is 0 Å². The predicted octanol–water partition coefficient (Wildman–Crippen LogP) is 3.79. The lowest BCUT2D eigenvalue weighted by Crippen LogP contribution is -2.26. The molecule has 1 heterocycles. The Bertz CT molecular complexity index is 710. The number of nitrogens with zero attached hydrogens (tertiary/aromatic N) is 1. The minimum Gasteiger partial charge on any atom is -0.618 e. The fraction of sp³-hybridized carbons (Fsp3) is 0. The van der Waals surface area contributed by atoms with Crippen LogP contribution in [0.3, 0.4) is 0 Å². The van der Waals surface area contributed by atoms with Gasteiger partial charge in [-0.25, -0.2) is 0 Å². The fourth-order valence-corrected chi connectivity index (χ4v) is 2.34. The van der Waals surface area contributed by atoms with E-state index in [1.54, 1.807) is 6.07 Å². The molecule has 2 aromatic carbocycles. The van der Waals surface area contributed by atoms with Crippen LogP contribution in [0.4, 0.5) is 0 Å². The quantitative estimate of drug-likeness (QED) is 0.480. The van der Waals surface area contributed by atoms with Crippen LogP contribution < -0.4 is 4.73 Å². The van der Waals surface area contributed by atoms with Gasteiger partial charge in [0.1, 0.15) is 5.02 Å². The molecular formula is C15H10ClNO. The molecule has 0 bridgehead atoms. The Morgan fingerprint density at radius 3 is 2.50 bits per heavy atom. The van der Waals surface area contributed by atoms with Gasteiger partial charge in [-0.15, -0.1) is 0 Å². The summed E-state index contributed by atoms with van der Waals surface area (Å²) in [5, 5.41) is 13.3. The number of pyridine rings is 1. The van der Waals surface area contributed by atoms with Crippen LogP contribution >= 0.6 is 11.6 Å². The molecule has 2 nitrogen and oxygen atoms in total. The van der Waals surface area contributed by atoms with Gasteiger partial charge < -0.3 is 5.21 Å². The van der Waals surface area contributed by atoms with E-state index in [4.69, 9.17) is 11.6 Å². The Labute approximate surface area is 110 Å². The van der Waals surface area contributed by atoms with Crippen molar-refractivity contribution in [2.75, 3.05) is 0 Å². The summed E-state index contributed by atoms with van der Waals surface area (Å²) in [6, 6.07) is 17.4. The van der Waals surface area contributed by atoms with Gasteiger partial charge in [-0.3, -0.25) is 0 Å².